The van der Waals surface area contributed by atoms with Crippen LogP contribution in [0.3, 0.4) is 0 Å². The molecule has 0 aromatic heterocycles. The van der Waals surface area contributed by atoms with Gasteiger partial charge in [-0.05, 0) is 24.3 Å². The lowest BCUT2D eigenvalue weighted by Gasteiger charge is -2.17. The molecule has 1 atom stereocenters. The summed E-state index contributed by atoms with van der Waals surface area (Å²) in [4.78, 5) is 25.6. The van der Waals surface area contributed by atoms with E-state index in [1.165, 1.54) is 17.0 Å². The van der Waals surface area contributed by atoms with E-state index in [2.05, 4.69) is 5.32 Å². The molecule has 1 unspecified atom stereocenters. The lowest BCUT2D eigenvalue weighted by atomic mass is 10.2. The van der Waals surface area contributed by atoms with Crippen molar-refractivity contribution in [3.63, 3.8) is 0 Å². The maximum Gasteiger partial charge on any atom is 0.251 e. The lowest BCUT2D eigenvalue weighted by molar-refractivity contribution is -0.117. The molecule has 0 saturated carbocycles. The number of nitrogens with one attached hydrogen (secondary N) is 1. The van der Waals surface area contributed by atoms with Crippen LogP contribution in [0.25, 0.3) is 0 Å². The molecule has 23 heavy (non-hydrogen) atoms. The number of halogens is 1. The number of anilines is 1. The summed E-state index contributed by atoms with van der Waals surface area (Å²) < 4.78 is 13.4. The summed E-state index contributed by atoms with van der Waals surface area (Å²) in [5.41, 5.74) is 0.885. The molecular formula is C17H15FN2O3. The van der Waals surface area contributed by atoms with Gasteiger partial charge in [0.25, 0.3) is 5.91 Å². The molecule has 1 saturated heterocycles. The van der Waals surface area contributed by atoms with Gasteiger partial charge in [0.2, 0.25) is 5.91 Å². The number of benzene rings is 2. The molecule has 1 heterocycles. The van der Waals surface area contributed by atoms with Crippen LogP contribution in [0.2, 0.25) is 0 Å². The second-order valence-corrected chi connectivity index (χ2v) is 5.38. The number of aromatic hydroxyl groups is 1. The fourth-order valence-corrected chi connectivity index (χ4v) is 2.58. The molecule has 0 radical (unpaired) electrons. The molecule has 3 rings (SSSR count). The minimum absolute atomic E-state index is 0.154. The van der Waals surface area contributed by atoms with E-state index in [1.807, 2.05) is 6.07 Å². The van der Waals surface area contributed by atoms with Gasteiger partial charge in [-0.1, -0.05) is 18.2 Å². The van der Waals surface area contributed by atoms with Gasteiger partial charge >= 0.3 is 0 Å². The van der Waals surface area contributed by atoms with Gasteiger partial charge in [-0.25, -0.2) is 4.39 Å². The van der Waals surface area contributed by atoms with Crippen LogP contribution in [-0.2, 0) is 4.79 Å². The fraction of sp³-hybridized carbons (Fsp3) is 0.176. The first kappa shape index (κ1) is 15.0. The Bertz CT molecular complexity index is 749. The summed E-state index contributed by atoms with van der Waals surface area (Å²) in [5, 5.41) is 12.0. The van der Waals surface area contributed by atoms with Crippen molar-refractivity contribution in [2.75, 3.05) is 11.4 Å². The van der Waals surface area contributed by atoms with E-state index in [0.717, 1.165) is 6.07 Å². The molecule has 6 heteroatoms. The molecular weight excluding hydrogens is 299 g/mol. The first-order valence-corrected chi connectivity index (χ1v) is 7.19. The molecule has 1 fully saturated rings. The van der Waals surface area contributed by atoms with Crippen molar-refractivity contribution in [2.24, 2.45) is 0 Å². The zero-order chi connectivity index (χ0) is 16.4. The van der Waals surface area contributed by atoms with E-state index in [0.29, 0.717) is 11.3 Å². The third-order valence-electron chi connectivity index (χ3n) is 3.74. The van der Waals surface area contributed by atoms with E-state index in [9.17, 15) is 19.1 Å². The Morgan fingerprint density at radius 3 is 2.65 bits per heavy atom. The maximum absolute atomic E-state index is 13.4. The van der Waals surface area contributed by atoms with Crippen LogP contribution in [-0.4, -0.2) is 29.5 Å². The van der Waals surface area contributed by atoms with E-state index in [4.69, 9.17) is 0 Å². The molecule has 0 bridgehead atoms. The van der Waals surface area contributed by atoms with Gasteiger partial charge < -0.3 is 15.3 Å². The smallest absolute Gasteiger partial charge is 0.251 e. The van der Waals surface area contributed by atoms with Gasteiger partial charge in [0.05, 0.1) is 6.04 Å². The van der Waals surface area contributed by atoms with Crippen LogP contribution in [0, 0.1) is 5.82 Å². The summed E-state index contributed by atoms with van der Waals surface area (Å²) in [5.74, 6) is -1.70. The summed E-state index contributed by atoms with van der Waals surface area (Å²) in [6.45, 7) is 0.265. The van der Waals surface area contributed by atoms with Gasteiger partial charge in [0.15, 0.2) is 11.6 Å². The van der Waals surface area contributed by atoms with Gasteiger partial charge in [-0.2, -0.15) is 0 Å². The second-order valence-electron chi connectivity index (χ2n) is 5.38. The highest BCUT2D eigenvalue weighted by Crippen LogP contribution is 2.26. The zero-order valence-electron chi connectivity index (χ0n) is 12.2. The Morgan fingerprint density at radius 1 is 1.22 bits per heavy atom. The first-order chi connectivity index (χ1) is 11.0. The Morgan fingerprint density at radius 2 is 1.96 bits per heavy atom. The first-order valence-electron chi connectivity index (χ1n) is 7.19. The molecule has 118 valence electrons. The average molecular weight is 314 g/mol. The largest absolute Gasteiger partial charge is 0.505 e. The monoisotopic (exact) mass is 314 g/mol. The highest BCUT2D eigenvalue weighted by atomic mass is 19.1. The highest BCUT2D eigenvalue weighted by molar-refractivity contribution is 5.99. The Kier molecular flexibility index (Phi) is 3.97. The SMILES string of the molecule is O=C(NC1CC(=O)N(c2ccc(O)c(F)c2)C1)c1ccccc1. The van der Waals surface area contributed by atoms with Crippen molar-refractivity contribution in [2.45, 2.75) is 12.5 Å². The van der Waals surface area contributed by atoms with Gasteiger partial charge in [0.1, 0.15) is 0 Å². The summed E-state index contributed by atoms with van der Waals surface area (Å²) in [6, 6.07) is 12.2. The molecule has 0 spiro atoms. The Labute approximate surface area is 132 Å². The van der Waals surface area contributed by atoms with Crippen LogP contribution < -0.4 is 10.2 Å². The van der Waals surface area contributed by atoms with Crippen LogP contribution in [0.4, 0.5) is 10.1 Å². The van der Waals surface area contributed by atoms with Crippen molar-refractivity contribution < 1.29 is 19.1 Å². The number of rotatable bonds is 3. The zero-order valence-corrected chi connectivity index (χ0v) is 12.2. The Balaban J connectivity index is 1.70. The molecule has 5 nitrogen and oxygen atoms in total. The molecule has 1 aliphatic heterocycles. The van der Waals surface area contributed by atoms with Gasteiger partial charge in [-0.15, -0.1) is 0 Å². The normalized spacial score (nSPS) is 17.3. The van der Waals surface area contributed by atoms with Crippen LogP contribution in [0.15, 0.2) is 48.5 Å². The summed E-state index contributed by atoms with van der Waals surface area (Å²) in [7, 11) is 0. The molecule has 2 amide bonds. The van der Waals surface area contributed by atoms with Gasteiger partial charge in [0, 0.05) is 30.3 Å². The predicted molar refractivity (Wildman–Crippen MR) is 82.7 cm³/mol. The van der Waals surface area contributed by atoms with Crippen molar-refractivity contribution in [3.05, 3.63) is 59.9 Å². The number of nitrogens with zero attached hydrogens (tertiary/aromatic N) is 1. The number of phenolic OH excluding ortho intramolecular Hbond substituents is 1. The molecule has 2 N–H and O–H groups in total. The number of hydrogen-bond acceptors (Lipinski definition) is 3. The Hall–Kier alpha value is -2.89. The minimum atomic E-state index is -0.785. The summed E-state index contributed by atoms with van der Waals surface area (Å²) >= 11 is 0. The molecule has 0 aliphatic carbocycles. The van der Waals surface area contributed by atoms with Crippen LogP contribution in [0.1, 0.15) is 16.8 Å². The lowest BCUT2D eigenvalue weighted by Crippen LogP contribution is -2.37. The van der Waals surface area contributed by atoms with Gasteiger partial charge in [-0.3, -0.25) is 9.59 Å². The van der Waals surface area contributed by atoms with E-state index in [1.54, 1.807) is 24.3 Å². The fourth-order valence-electron chi connectivity index (χ4n) is 2.58. The van der Waals surface area contributed by atoms with Crippen molar-refractivity contribution in [1.82, 2.24) is 5.32 Å². The van der Waals surface area contributed by atoms with E-state index >= 15 is 0 Å². The van der Waals surface area contributed by atoms with Crippen molar-refractivity contribution >= 4 is 17.5 Å². The third kappa shape index (κ3) is 3.15. The highest BCUT2D eigenvalue weighted by Gasteiger charge is 2.32. The van der Waals surface area contributed by atoms with E-state index in [-0.39, 0.29) is 30.8 Å². The topological polar surface area (TPSA) is 69.6 Å². The minimum Gasteiger partial charge on any atom is -0.505 e. The van der Waals surface area contributed by atoms with Crippen molar-refractivity contribution in [1.29, 1.82) is 0 Å². The maximum atomic E-state index is 13.4. The number of amides is 2. The second kappa shape index (κ2) is 6.08. The van der Waals surface area contributed by atoms with Crippen molar-refractivity contribution in [3.8, 4) is 5.75 Å². The number of hydrogen-bond donors (Lipinski definition) is 2. The quantitative estimate of drug-likeness (QED) is 0.911. The summed E-state index contributed by atoms with van der Waals surface area (Å²) in [6.07, 6.45) is 0.154. The number of carbonyl (C=O) groups excluding carboxylic acids is 2. The number of carbonyl (C=O) groups is 2. The number of phenols is 1. The molecule has 2 aromatic carbocycles. The standard InChI is InChI=1S/C17H15FN2O3/c18-14-9-13(6-7-15(14)21)20-10-12(8-16(20)22)19-17(23)11-4-2-1-3-5-11/h1-7,9,12,21H,8,10H2,(H,19,23). The average Bonchev–Trinajstić information content (AvgIpc) is 2.91. The van der Waals surface area contributed by atoms with Crippen LogP contribution >= 0.6 is 0 Å². The molecule has 1 aliphatic rings. The predicted octanol–water partition coefficient (Wildman–Crippen LogP) is 2.07. The van der Waals surface area contributed by atoms with Crippen LogP contribution in [0.5, 0.6) is 5.75 Å². The molecule has 2 aromatic rings. The van der Waals surface area contributed by atoms with E-state index < -0.39 is 11.6 Å². The third-order valence-corrected chi connectivity index (χ3v) is 3.74.